The molecule has 2 saturated heterocycles. The predicted molar refractivity (Wildman–Crippen MR) is 172 cm³/mol. The van der Waals surface area contributed by atoms with Crippen LogP contribution in [0, 0.1) is 0 Å². The number of pyridine rings is 1. The quantitative estimate of drug-likeness (QED) is 0.212. The molecule has 0 saturated carbocycles. The number of hydrogen-bond acceptors (Lipinski definition) is 9. The number of nitrogens with zero attached hydrogens (tertiary/aromatic N) is 3. The van der Waals surface area contributed by atoms with Crippen molar-refractivity contribution in [1.29, 1.82) is 0 Å². The first kappa shape index (κ1) is 36.0. The molecule has 45 heavy (non-hydrogen) atoms. The summed E-state index contributed by atoms with van der Waals surface area (Å²) < 4.78 is 76.4. The molecular formula is C29H47F2N4O7PSi2. The SMILES string of the molecule is CC(C)(C)[Si](C)(C)OC[C@H]1O[C@@H](n2ccc(NP3(=O)OCCC(c4cccnc4)O3)nc2=O)C(F)(F)[C@H]1O[Si](C)(C)C(C)(C)C. The Morgan fingerprint density at radius 3 is 2.36 bits per heavy atom. The molecule has 4 heterocycles. The average Bonchev–Trinajstić information content (AvgIpc) is 3.15. The summed E-state index contributed by atoms with van der Waals surface area (Å²) in [6.45, 7) is 20.0. The normalized spacial score (nSPS) is 27.8. The van der Waals surface area contributed by atoms with E-state index < -0.39 is 60.5 Å². The van der Waals surface area contributed by atoms with Gasteiger partial charge in [0, 0.05) is 25.0 Å². The maximum atomic E-state index is 16.3. The Hall–Kier alpha value is -1.85. The van der Waals surface area contributed by atoms with Gasteiger partial charge in [0.1, 0.15) is 18.0 Å². The molecule has 5 atom stereocenters. The molecule has 2 fully saturated rings. The molecule has 2 unspecified atom stereocenters. The third kappa shape index (κ3) is 7.83. The zero-order chi connectivity index (χ0) is 33.6. The Kier molecular flexibility index (Phi) is 10.1. The van der Waals surface area contributed by atoms with Crippen molar-refractivity contribution in [3.05, 3.63) is 52.8 Å². The Morgan fingerprint density at radius 2 is 1.78 bits per heavy atom. The highest BCUT2D eigenvalue weighted by atomic mass is 31.2. The fraction of sp³-hybridized carbons (Fsp3) is 0.690. The largest absolute Gasteiger partial charge is 0.434 e. The third-order valence-corrected chi connectivity index (χ3v) is 19.8. The van der Waals surface area contributed by atoms with Gasteiger partial charge < -0.3 is 13.6 Å². The predicted octanol–water partition coefficient (Wildman–Crippen LogP) is 7.28. The molecule has 0 aromatic carbocycles. The minimum absolute atomic E-state index is 0.111. The minimum atomic E-state index is -3.94. The molecule has 2 aromatic rings. The number of anilines is 1. The standard InChI is InChI=1S/C29H47F2N4O7PSi2/c1-27(2,3)44(7,8)39-19-22-24(42-45(9,10)28(4,5)6)29(30,31)25(40-22)35-16-13-23(33-26(35)36)34-43(37)38-17-14-21(41-43)20-12-11-15-32-18-20/h11-13,15-16,18,21-22,24-25H,14,17,19H2,1-10H3,(H,33,34,36,37)/t21?,22-,24+,25-,43?/m1/s1. The van der Waals surface area contributed by atoms with Gasteiger partial charge in [-0.1, -0.05) is 47.6 Å². The number of rotatable bonds is 9. The smallest absolute Gasteiger partial charge is 0.414 e. The molecule has 1 N–H and O–H groups in total. The van der Waals surface area contributed by atoms with Crippen LogP contribution in [-0.2, 0) is 27.2 Å². The molecule has 0 aliphatic carbocycles. The van der Waals surface area contributed by atoms with Gasteiger partial charge >= 0.3 is 19.4 Å². The molecule has 2 aliphatic heterocycles. The highest BCUT2D eigenvalue weighted by Crippen LogP contribution is 2.55. The first-order chi connectivity index (χ1) is 20.6. The third-order valence-electron chi connectivity index (χ3n) is 9.29. The zero-order valence-corrected chi connectivity index (χ0v) is 30.7. The van der Waals surface area contributed by atoms with E-state index in [2.05, 4.69) is 35.8 Å². The number of aromatic nitrogens is 3. The Bertz CT molecular complexity index is 1450. The van der Waals surface area contributed by atoms with Crippen LogP contribution in [0.3, 0.4) is 0 Å². The molecule has 0 bridgehead atoms. The minimum Gasteiger partial charge on any atom is -0.414 e. The van der Waals surface area contributed by atoms with Crippen molar-refractivity contribution in [3.63, 3.8) is 0 Å². The number of nitrogens with one attached hydrogen (secondary N) is 1. The van der Waals surface area contributed by atoms with Gasteiger partial charge in [0.15, 0.2) is 16.6 Å². The van der Waals surface area contributed by atoms with Crippen molar-refractivity contribution in [1.82, 2.24) is 14.5 Å². The summed E-state index contributed by atoms with van der Waals surface area (Å²) in [6.07, 6.45) is -0.548. The van der Waals surface area contributed by atoms with Gasteiger partial charge in [-0.05, 0) is 54.0 Å². The van der Waals surface area contributed by atoms with E-state index in [1.807, 2.05) is 47.0 Å². The molecule has 2 aliphatic rings. The van der Waals surface area contributed by atoms with E-state index in [4.69, 9.17) is 22.6 Å². The molecule has 4 rings (SSSR count). The Morgan fingerprint density at radius 1 is 1.11 bits per heavy atom. The van der Waals surface area contributed by atoms with Crippen LogP contribution in [0.5, 0.6) is 0 Å². The van der Waals surface area contributed by atoms with Crippen LogP contribution in [0.15, 0.2) is 41.6 Å². The second kappa shape index (κ2) is 12.6. The maximum Gasteiger partial charge on any atom is 0.434 e. The maximum absolute atomic E-state index is 16.3. The van der Waals surface area contributed by atoms with Crippen LogP contribution in [-0.4, -0.2) is 62.5 Å². The van der Waals surface area contributed by atoms with Gasteiger partial charge in [-0.3, -0.25) is 23.7 Å². The van der Waals surface area contributed by atoms with E-state index in [1.165, 1.54) is 6.07 Å². The fourth-order valence-corrected chi connectivity index (χ4v) is 8.23. The van der Waals surface area contributed by atoms with Gasteiger partial charge in [0.25, 0.3) is 0 Å². The summed E-state index contributed by atoms with van der Waals surface area (Å²) in [6, 6.07) is 4.78. The molecule has 0 spiro atoms. The van der Waals surface area contributed by atoms with Crippen molar-refractivity contribution in [2.45, 2.75) is 115 Å². The first-order valence-electron chi connectivity index (χ1n) is 15.1. The van der Waals surface area contributed by atoms with E-state index in [-0.39, 0.29) is 29.1 Å². The topological polar surface area (TPSA) is 123 Å². The van der Waals surface area contributed by atoms with Gasteiger partial charge in [0.05, 0.1) is 19.3 Å². The Labute approximate surface area is 266 Å². The summed E-state index contributed by atoms with van der Waals surface area (Å²) in [5.74, 6) is -3.75. The summed E-state index contributed by atoms with van der Waals surface area (Å²) in [5.41, 5.74) is -0.317. The second-order valence-electron chi connectivity index (χ2n) is 14.7. The summed E-state index contributed by atoms with van der Waals surface area (Å²) in [4.78, 5) is 21.2. The number of ether oxygens (including phenoxy) is 1. The van der Waals surface area contributed by atoms with E-state index in [9.17, 15) is 9.36 Å². The highest BCUT2D eigenvalue weighted by Gasteiger charge is 2.63. The van der Waals surface area contributed by atoms with E-state index in [0.29, 0.717) is 12.0 Å². The second-order valence-corrected chi connectivity index (χ2v) is 25.9. The lowest BCUT2D eigenvalue weighted by atomic mass is 10.1. The summed E-state index contributed by atoms with van der Waals surface area (Å²) in [5, 5.41) is 2.05. The number of halogens is 2. The van der Waals surface area contributed by atoms with Gasteiger partial charge in [-0.15, -0.1) is 0 Å². The zero-order valence-electron chi connectivity index (χ0n) is 27.8. The molecule has 0 radical (unpaired) electrons. The molecule has 252 valence electrons. The lowest BCUT2D eigenvalue weighted by Crippen LogP contribution is -2.53. The van der Waals surface area contributed by atoms with Crippen molar-refractivity contribution in [2.75, 3.05) is 18.3 Å². The first-order valence-corrected chi connectivity index (χ1v) is 22.5. The van der Waals surface area contributed by atoms with Crippen molar-refractivity contribution in [2.24, 2.45) is 0 Å². The van der Waals surface area contributed by atoms with Crippen LogP contribution in [0.25, 0.3) is 0 Å². The summed E-state index contributed by atoms with van der Waals surface area (Å²) in [7, 11) is -8.98. The van der Waals surface area contributed by atoms with E-state index >= 15 is 8.78 Å². The molecule has 11 nitrogen and oxygen atoms in total. The molecular weight excluding hydrogens is 641 g/mol. The van der Waals surface area contributed by atoms with Crippen LogP contribution in [0.1, 0.15) is 65.9 Å². The van der Waals surface area contributed by atoms with Crippen molar-refractivity contribution < 1.29 is 36.0 Å². The molecule has 2 aromatic heterocycles. The van der Waals surface area contributed by atoms with E-state index in [0.717, 1.165) is 10.8 Å². The monoisotopic (exact) mass is 688 g/mol. The average molecular weight is 689 g/mol. The van der Waals surface area contributed by atoms with Gasteiger partial charge in [-0.2, -0.15) is 13.8 Å². The van der Waals surface area contributed by atoms with Crippen LogP contribution >= 0.6 is 7.75 Å². The number of hydrogen-bond donors (Lipinski definition) is 1. The van der Waals surface area contributed by atoms with Crippen molar-refractivity contribution >= 4 is 30.2 Å². The highest BCUT2D eigenvalue weighted by molar-refractivity contribution is 7.55. The van der Waals surface area contributed by atoms with Crippen LogP contribution in [0.4, 0.5) is 14.6 Å². The van der Waals surface area contributed by atoms with E-state index in [1.54, 1.807) is 24.5 Å². The van der Waals surface area contributed by atoms with Gasteiger partial charge in [0.2, 0.25) is 6.23 Å². The van der Waals surface area contributed by atoms with Crippen LogP contribution in [0.2, 0.25) is 36.3 Å². The van der Waals surface area contributed by atoms with Crippen LogP contribution < -0.4 is 10.8 Å². The molecule has 16 heteroatoms. The lowest BCUT2D eigenvalue weighted by molar-refractivity contribution is -0.138. The van der Waals surface area contributed by atoms with Crippen molar-refractivity contribution in [3.8, 4) is 0 Å². The Balaban J connectivity index is 1.59. The molecule has 0 amide bonds. The lowest BCUT2D eigenvalue weighted by Gasteiger charge is -2.41. The number of alkyl halides is 2. The van der Waals surface area contributed by atoms with Gasteiger partial charge in [-0.25, -0.2) is 9.36 Å². The summed E-state index contributed by atoms with van der Waals surface area (Å²) >= 11 is 0. The fourth-order valence-electron chi connectivity index (χ4n) is 4.43.